The number of hydrogen-bond donors (Lipinski definition) is 1. The highest BCUT2D eigenvalue weighted by molar-refractivity contribution is 6.30. The van der Waals surface area contributed by atoms with Crippen molar-refractivity contribution in [3.05, 3.63) is 34.6 Å². The Kier molecular flexibility index (Phi) is 4.31. The molecule has 2 saturated heterocycles. The Morgan fingerprint density at radius 2 is 2.05 bits per heavy atom. The predicted molar refractivity (Wildman–Crippen MR) is 79.8 cm³/mol. The first-order chi connectivity index (χ1) is 10.1. The molecule has 2 heterocycles. The summed E-state index contributed by atoms with van der Waals surface area (Å²) >= 11 is 5.75. The molecule has 2 aliphatic rings. The Morgan fingerprint density at radius 3 is 2.76 bits per heavy atom. The second-order valence-corrected chi connectivity index (χ2v) is 6.05. The number of nitrogens with zero attached hydrogens (tertiary/aromatic N) is 2. The number of piperidine rings is 1. The third-order valence-corrected chi connectivity index (χ3v) is 4.49. The fourth-order valence-electron chi connectivity index (χ4n) is 3.06. The minimum atomic E-state index is -0.351. The van der Waals surface area contributed by atoms with E-state index in [1.807, 2.05) is 4.90 Å². The van der Waals surface area contributed by atoms with Gasteiger partial charge in [0, 0.05) is 29.7 Å². The van der Waals surface area contributed by atoms with Crippen LogP contribution in [0.5, 0.6) is 0 Å². The largest absolute Gasteiger partial charge is 0.320 e. The number of urea groups is 1. The van der Waals surface area contributed by atoms with Gasteiger partial charge in [-0.15, -0.1) is 0 Å². The fraction of sp³-hybridized carbons (Fsp3) is 0.533. The number of carbonyl (C=O) groups is 1. The Morgan fingerprint density at radius 1 is 1.29 bits per heavy atom. The summed E-state index contributed by atoms with van der Waals surface area (Å²) in [6, 6.07) is 4.95. The van der Waals surface area contributed by atoms with Crippen molar-refractivity contribution in [1.82, 2.24) is 15.1 Å². The van der Waals surface area contributed by atoms with Crippen LogP contribution >= 0.6 is 11.6 Å². The van der Waals surface area contributed by atoms with Crippen molar-refractivity contribution in [3.63, 3.8) is 0 Å². The van der Waals surface area contributed by atoms with Crippen LogP contribution < -0.4 is 5.32 Å². The summed E-state index contributed by atoms with van der Waals surface area (Å²) in [4.78, 5) is 16.1. The smallest absolute Gasteiger partial charge is 0.320 e. The molecule has 4 nitrogen and oxygen atoms in total. The van der Waals surface area contributed by atoms with Crippen LogP contribution in [0.3, 0.4) is 0 Å². The van der Waals surface area contributed by atoms with E-state index in [2.05, 4.69) is 5.32 Å². The van der Waals surface area contributed by atoms with Crippen molar-refractivity contribution in [2.75, 3.05) is 26.2 Å². The number of amides is 2. The number of rotatable bonds is 3. The summed E-state index contributed by atoms with van der Waals surface area (Å²) < 4.78 is 13.8. The van der Waals surface area contributed by atoms with Gasteiger partial charge in [-0.05, 0) is 38.1 Å². The average Bonchev–Trinajstić information content (AvgIpc) is 2.84. The van der Waals surface area contributed by atoms with E-state index >= 15 is 0 Å². The number of carbonyl (C=O) groups excluding carboxylic acids is 1. The van der Waals surface area contributed by atoms with Gasteiger partial charge in [0.1, 0.15) is 5.82 Å². The van der Waals surface area contributed by atoms with Crippen LogP contribution in [-0.4, -0.2) is 48.1 Å². The molecule has 0 aromatic heterocycles. The van der Waals surface area contributed by atoms with Crippen LogP contribution in [0.1, 0.15) is 18.4 Å². The average molecular weight is 312 g/mol. The van der Waals surface area contributed by atoms with Gasteiger partial charge in [0.25, 0.3) is 0 Å². The molecule has 1 aromatic carbocycles. The maximum atomic E-state index is 13.8. The number of benzene rings is 1. The summed E-state index contributed by atoms with van der Waals surface area (Å²) in [6.07, 6.45) is 1.99. The predicted octanol–water partition coefficient (Wildman–Crippen LogP) is 2.47. The molecule has 114 valence electrons. The second kappa shape index (κ2) is 6.20. The minimum absolute atomic E-state index is 0.0243. The van der Waals surface area contributed by atoms with E-state index in [0.717, 1.165) is 32.5 Å². The van der Waals surface area contributed by atoms with Gasteiger partial charge >= 0.3 is 6.03 Å². The molecule has 0 bridgehead atoms. The van der Waals surface area contributed by atoms with Gasteiger partial charge in [-0.1, -0.05) is 17.7 Å². The van der Waals surface area contributed by atoms with E-state index in [-0.39, 0.29) is 11.8 Å². The first-order valence-electron chi connectivity index (χ1n) is 7.35. The highest BCUT2D eigenvalue weighted by Gasteiger charge is 2.34. The van der Waals surface area contributed by atoms with Gasteiger partial charge in [0.05, 0.1) is 6.54 Å². The van der Waals surface area contributed by atoms with Gasteiger partial charge in [-0.2, -0.15) is 0 Å². The van der Waals surface area contributed by atoms with Crippen molar-refractivity contribution in [1.29, 1.82) is 0 Å². The van der Waals surface area contributed by atoms with E-state index in [1.165, 1.54) is 6.07 Å². The van der Waals surface area contributed by atoms with E-state index in [1.54, 1.807) is 17.0 Å². The number of hydrogen-bond acceptors (Lipinski definition) is 2. The third kappa shape index (κ3) is 3.14. The quantitative estimate of drug-likeness (QED) is 0.931. The van der Waals surface area contributed by atoms with Crippen LogP contribution in [0.2, 0.25) is 5.02 Å². The highest BCUT2D eigenvalue weighted by atomic mass is 35.5. The topological polar surface area (TPSA) is 35.6 Å². The number of nitrogens with one attached hydrogen (secondary N) is 1. The molecule has 3 rings (SSSR count). The van der Waals surface area contributed by atoms with E-state index in [9.17, 15) is 9.18 Å². The Hall–Kier alpha value is -1.33. The molecule has 1 N–H and O–H groups in total. The zero-order chi connectivity index (χ0) is 14.8. The first kappa shape index (κ1) is 14.6. The molecule has 2 amide bonds. The normalized spacial score (nSPS) is 20.4. The summed E-state index contributed by atoms with van der Waals surface area (Å²) in [5.74, 6) is -0.351. The molecule has 2 aliphatic heterocycles. The van der Waals surface area contributed by atoms with E-state index in [0.29, 0.717) is 29.7 Å². The fourth-order valence-corrected chi connectivity index (χ4v) is 3.22. The molecular weight excluding hydrogens is 293 g/mol. The molecular formula is C15H19ClFN3O. The van der Waals surface area contributed by atoms with Crippen LogP contribution in [0.25, 0.3) is 0 Å². The molecule has 0 saturated carbocycles. The first-order valence-corrected chi connectivity index (χ1v) is 7.73. The van der Waals surface area contributed by atoms with Crippen molar-refractivity contribution in [2.45, 2.75) is 25.4 Å². The monoisotopic (exact) mass is 311 g/mol. The van der Waals surface area contributed by atoms with Crippen LogP contribution in [-0.2, 0) is 6.54 Å². The lowest BCUT2D eigenvalue weighted by atomic mass is 10.1. The lowest BCUT2D eigenvalue weighted by Gasteiger charge is -2.31. The minimum Gasteiger partial charge on any atom is -0.320 e. The third-order valence-electron chi connectivity index (χ3n) is 4.25. The number of halogens is 2. The van der Waals surface area contributed by atoms with Gasteiger partial charge in [-0.25, -0.2) is 9.18 Å². The molecule has 21 heavy (non-hydrogen) atoms. The van der Waals surface area contributed by atoms with Gasteiger partial charge in [0.2, 0.25) is 0 Å². The molecule has 1 aromatic rings. The molecule has 0 unspecified atom stereocenters. The molecule has 6 heteroatoms. The zero-order valence-electron chi connectivity index (χ0n) is 11.8. The maximum Gasteiger partial charge on any atom is 0.320 e. The standard InChI is InChI=1S/C15H19ClFN3O/c16-12-2-1-11(14(17)9-12)10-19-7-8-20(15(19)21)13-3-5-18-6-4-13/h1-2,9,13,18H,3-8,10H2. The van der Waals surface area contributed by atoms with E-state index < -0.39 is 0 Å². The van der Waals surface area contributed by atoms with Gasteiger partial charge < -0.3 is 15.1 Å². The van der Waals surface area contributed by atoms with Crippen LogP contribution in [0.4, 0.5) is 9.18 Å². The summed E-state index contributed by atoms with van der Waals surface area (Å²) in [5.41, 5.74) is 0.514. The van der Waals surface area contributed by atoms with Crippen molar-refractivity contribution < 1.29 is 9.18 Å². The lowest BCUT2D eigenvalue weighted by molar-refractivity contribution is 0.164. The summed E-state index contributed by atoms with van der Waals surface area (Å²) in [7, 11) is 0. The van der Waals surface area contributed by atoms with E-state index in [4.69, 9.17) is 11.6 Å². The second-order valence-electron chi connectivity index (χ2n) is 5.61. The van der Waals surface area contributed by atoms with Crippen molar-refractivity contribution in [3.8, 4) is 0 Å². The highest BCUT2D eigenvalue weighted by Crippen LogP contribution is 2.22. The Bertz CT molecular complexity index is 534. The molecule has 0 atom stereocenters. The Labute approximate surface area is 128 Å². The van der Waals surface area contributed by atoms with Gasteiger partial charge in [-0.3, -0.25) is 0 Å². The Balaban J connectivity index is 1.66. The SMILES string of the molecule is O=C1N(Cc2ccc(Cl)cc2F)CCN1C1CCNCC1. The molecule has 2 fully saturated rings. The summed E-state index contributed by atoms with van der Waals surface area (Å²) in [6.45, 7) is 3.62. The van der Waals surface area contributed by atoms with Crippen LogP contribution in [0.15, 0.2) is 18.2 Å². The van der Waals surface area contributed by atoms with Gasteiger partial charge in [0.15, 0.2) is 0 Å². The van der Waals surface area contributed by atoms with Crippen LogP contribution in [0, 0.1) is 5.82 Å². The molecule has 0 radical (unpaired) electrons. The summed E-state index contributed by atoms with van der Waals surface area (Å²) in [5, 5.41) is 3.68. The lowest BCUT2D eigenvalue weighted by Crippen LogP contribution is -2.45. The maximum absolute atomic E-state index is 13.8. The molecule has 0 spiro atoms. The van der Waals surface area contributed by atoms with Crippen molar-refractivity contribution >= 4 is 17.6 Å². The van der Waals surface area contributed by atoms with Crippen molar-refractivity contribution in [2.24, 2.45) is 0 Å². The molecule has 0 aliphatic carbocycles. The zero-order valence-corrected chi connectivity index (χ0v) is 12.6.